The maximum absolute atomic E-state index is 4.26. The summed E-state index contributed by atoms with van der Waals surface area (Å²) in [6.07, 6.45) is 0. The fourth-order valence-electron chi connectivity index (χ4n) is 2.55. The maximum atomic E-state index is 4.26. The van der Waals surface area contributed by atoms with Gasteiger partial charge in [0.25, 0.3) is 0 Å². The molecule has 0 fully saturated rings. The Balaban J connectivity index is 2.40. The molecule has 0 aliphatic carbocycles. The molecule has 1 aromatic carbocycles. The molecule has 1 N–H and O–H groups in total. The lowest BCUT2D eigenvalue weighted by Crippen LogP contribution is -2.23. The minimum absolute atomic E-state index is 0.172. The van der Waals surface area contributed by atoms with Crippen LogP contribution in [0.25, 0.3) is 0 Å². The zero-order chi connectivity index (χ0) is 15.4. The Bertz CT molecular complexity index is 588. The van der Waals surface area contributed by atoms with Gasteiger partial charge in [0.2, 0.25) is 0 Å². The number of aryl methyl sites for hydroxylation is 2. The Morgan fingerprint density at radius 3 is 2.19 bits per heavy atom. The maximum Gasteiger partial charge on any atom is 0.0651 e. The summed E-state index contributed by atoms with van der Waals surface area (Å²) in [5, 5.41) is 12.0. The Kier molecular flexibility index (Phi) is 5.07. The first-order valence-electron chi connectivity index (χ1n) is 7.67. The van der Waals surface area contributed by atoms with E-state index in [9.17, 15) is 0 Å². The predicted octanol–water partition coefficient (Wildman–Crippen LogP) is 3.92. The molecule has 1 heterocycles. The molecule has 0 saturated carbocycles. The van der Waals surface area contributed by atoms with E-state index in [0.717, 1.165) is 17.9 Å². The van der Waals surface area contributed by atoms with Gasteiger partial charge in [-0.15, -0.1) is 0 Å². The third kappa shape index (κ3) is 3.67. The van der Waals surface area contributed by atoms with Crippen LogP contribution >= 0.6 is 0 Å². The van der Waals surface area contributed by atoms with Crippen LogP contribution in [0.3, 0.4) is 0 Å². The van der Waals surface area contributed by atoms with Gasteiger partial charge in [-0.25, -0.2) is 0 Å². The summed E-state index contributed by atoms with van der Waals surface area (Å²) < 4.78 is 0. The first-order chi connectivity index (χ1) is 10.0. The Morgan fingerprint density at radius 1 is 1.00 bits per heavy atom. The molecule has 0 radical (unpaired) electrons. The first kappa shape index (κ1) is 15.6. The molecular weight excluding hydrogens is 258 g/mol. The normalized spacial score (nSPS) is 12.7. The quantitative estimate of drug-likeness (QED) is 0.904. The van der Waals surface area contributed by atoms with E-state index in [1.54, 1.807) is 0 Å². The lowest BCUT2D eigenvalue weighted by Gasteiger charge is -2.21. The van der Waals surface area contributed by atoms with Crippen molar-refractivity contribution in [1.82, 2.24) is 15.5 Å². The van der Waals surface area contributed by atoms with Gasteiger partial charge in [0, 0.05) is 0 Å². The Labute approximate surface area is 127 Å². The van der Waals surface area contributed by atoms with E-state index in [1.807, 2.05) is 13.8 Å². The third-order valence-electron chi connectivity index (χ3n) is 3.80. The molecule has 3 heteroatoms. The second-order valence-electron chi connectivity index (χ2n) is 5.84. The van der Waals surface area contributed by atoms with Crippen LogP contribution in [0.15, 0.2) is 30.3 Å². The molecule has 0 saturated heterocycles. The van der Waals surface area contributed by atoms with Crippen LogP contribution in [0.4, 0.5) is 0 Å². The van der Waals surface area contributed by atoms with Crippen molar-refractivity contribution in [3.8, 4) is 0 Å². The lowest BCUT2D eigenvalue weighted by atomic mass is 9.94. The molecule has 1 aromatic heterocycles. The molecule has 112 valence electrons. The summed E-state index contributed by atoms with van der Waals surface area (Å²) in [6, 6.07) is 11.2. The number of hydrogen-bond acceptors (Lipinski definition) is 3. The Morgan fingerprint density at radius 2 is 1.62 bits per heavy atom. The topological polar surface area (TPSA) is 37.8 Å². The van der Waals surface area contributed by atoms with Gasteiger partial charge >= 0.3 is 0 Å². The van der Waals surface area contributed by atoms with Crippen molar-refractivity contribution in [2.75, 3.05) is 6.54 Å². The molecule has 21 heavy (non-hydrogen) atoms. The van der Waals surface area contributed by atoms with Crippen molar-refractivity contribution >= 4 is 0 Å². The SMILES string of the molecule is CCNC(c1ccc(C(C)C)cc1)c1cc(C)nnc1C. The van der Waals surface area contributed by atoms with E-state index in [2.05, 4.69) is 66.6 Å². The van der Waals surface area contributed by atoms with Gasteiger partial charge in [0.15, 0.2) is 0 Å². The van der Waals surface area contributed by atoms with E-state index in [1.165, 1.54) is 16.7 Å². The molecule has 1 unspecified atom stereocenters. The van der Waals surface area contributed by atoms with Crippen molar-refractivity contribution in [2.45, 2.75) is 46.6 Å². The molecular formula is C18H25N3. The molecule has 0 amide bonds. The summed E-state index contributed by atoms with van der Waals surface area (Å²) in [7, 11) is 0. The fraction of sp³-hybridized carbons (Fsp3) is 0.444. The number of hydrogen-bond donors (Lipinski definition) is 1. The van der Waals surface area contributed by atoms with Crippen LogP contribution in [-0.2, 0) is 0 Å². The second kappa shape index (κ2) is 6.81. The van der Waals surface area contributed by atoms with Gasteiger partial charge in [-0.2, -0.15) is 10.2 Å². The standard InChI is InChI=1S/C18H25N3/c1-6-19-18(17-11-13(4)20-21-14(17)5)16-9-7-15(8-10-16)12(2)3/h7-12,18-19H,6H2,1-5H3. The summed E-state index contributed by atoms with van der Waals surface area (Å²) in [6.45, 7) is 11.5. The molecule has 0 aliphatic heterocycles. The van der Waals surface area contributed by atoms with Gasteiger partial charge in [-0.1, -0.05) is 45.0 Å². The van der Waals surface area contributed by atoms with Crippen LogP contribution in [-0.4, -0.2) is 16.7 Å². The molecule has 2 rings (SSSR count). The third-order valence-corrected chi connectivity index (χ3v) is 3.80. The van der Waals surface area contributed by atoms with E-state index >= 15 is 0 Å². The van der Waals surface area contributed by atoms with Gasteiger partial charge in [-0.3, -0.25) is 0 Å². The van der Waals surface area contributed by atoms with Crippen LogP contribution in [0.5, 0.6) is 0 Å². The highest BCUT2D eigenvalue weighted by atomic mass is 15.1. The number of nitrogens with zero attached hydrogens (tertiary/aromatic N) is 2. The van der Waals surface area contributed by atoms with Crippen LogP contribution in [0.1, 0.15) is 60.8 Å². The number of rotatable bonds is 5. The van der Waals surface area contributed by atoms with Gasteiger partial charge in [0.1, 0.15) is 0 Å². The van der Waals surface area contributed by atoms with E-state index in [0.29, 0.717) is 5.92 Å². The zero-order valence-electron chi connectivity index (χ0n) is 13.6. The van der Waals surface area contributed by atoms with Crippen LogP contribution in [0.2, 0.25) is 0 Å². The summed E-state index contributed by atoms with van der Waals surface area (Å²) >= 11 is 0. The first-order valence-corrected chi connectivity index (χ1v) is 7.67. The van der Waals surface area contributed by atoms with Gasteiger partial charge in [0.05, 0.1) is 17.4 Å². The summed E-state index contributed by atoms with van der Waals surface area (Å²) in [4.78, 5) is 0. The largest absolute Gasteiger partial charge is 0.306 e. The lowest BCUT2D eigenvalue weighted by molar-refractivity contribution is 0.620. The summed E-state index contributed by atoms with van der Waals surface area (Å²) in [5.74, 6) is 0.559. The average Bonchev–Trinajstić information content (AvgIpc) is 2.48. The number of nitrogens with one attached hydrogen (secondary N) is 1. The molecule has 1 atom stereocenters. The minimum Gasteiger partial charge on any atom is -0.306 e. The monoisotopic (exact) mass is 283 g/mol. The van der Waals surface area contributed by atoms with Crippen molar-refractivity contribution in [1.29, 1.82) is 0 Å². The van der Waals surface area contributed by atoms with Crippen molar-refractivity contribution in [2.24, 2.45) is 0 Å². The number of aromatic nitrogens is 2. The Hall–Kier alpha value is -1.74. The van der Waals surface area contributed by atoms with Crippen molar-refractivity contribution in [3.05, 3.63) is 58.4 Å². The second-order valence-corrected chi connectivity index (χ2v) is 5.84. The van der Waals surface area contributed by atoms with Crippen molar-refractivity contribution < 1.29 is 0 Å². The van der Waals surface area contributed by atoms with E-state index in [-0.39, 0.29) is 6.04 Å². The minimum atomic E-state index is 0.172. The van der Waals surface area contributed by atoms with Gasteiger partial charge < -0.3 is 5.32 Å². The zero-order valence-corrected chi connectivity index (χ0v) is 13.6. The highest BCUT2D eigenvalue weighted by Gasteiger charge is 2.16. The molecule has 0 spiro atoms. The molecule has 3 nitrogen and oxygen atoms in total. The number of benzene rings is 1. The smallest absolute Gasteiger partial charge is 0.0651 e. The molecule has 2 aromatic rings. The highest BCUT2D eigenvalue weighted by Crippen LogP contribution is 2.26. The molecule has 0 aliphatic rings. The van der Waals surface area contributed by atoms with Crippen LogP contribution < -0.4 is 5.32 Å². The van der Waals surface area contributed by atoms with Gasteiger partial charge in [-0.05, 0) is 49.1 Å². The molecule has 0 bridgehead atoms. The van der Waals surface area contributed by atoms with Crippen molar-refractivity contribution in [3.63, 3.8) is 0 Å². The van der Waals surface area contributed by atoms with Crippen LogP contribution in [0, 0.1) is 13.8 Å². The van der Waals surface area contributed by atoms with E-state index < -0.39 is 0 Å². The summed E-state index contributed by atoms with van der Waals surface area (Å²) in [5.41, 5.74) is 5.80. The fourth-order valence-corrected chi connectivity index (χ4v) is 2.55. The van der Waals surface area contributed by atoms with E-state index in [4.69, 9.17) is 0 Å². The highest BCUT2D eigenvalue weighted by molar-refractivity contribution is 5.36. The predicted molar refractivity (Wildman–Crippen MR) is 87.6 cm³/mol. The average molecular weight is 283 g/mol.